The Labute approximate surface area is 155 Å². The third-order valence-corrected chi connectivity index (χ3v) is 5.99. The molecule has 0 saturated carbocycles. The van der Waals surface area contributed by atoms with E-state index in [1.54, 1.807) is 0 Å². The zero-order chi connectivity index (χ0) is 18.9. The molecule has 0 saturated heterocycles. The molecule has 144 valence electrons. The zero-order valence-electron chi connectivity index (χ0n) is 17.1. The smallest absolute Gasteiger partial charge is 0.115 e. The van der Waals surface area contributed by atoms with Gasteiger partial charge in [0.2, 0.25) is 0 Å². The molecule has 1 aromatic rings. The van der Waals surface area contributed by atoms with Crippen LogP contribution in [0.4, 0.5) is 0 Å². The molecule has 3 unspecified atom stereocenters. The number of phenolic OH excluding ortho intramolecular Hbond substituents is 1. The van der Waals surface area contributed by atoms with Crippen molar-refractivity contribution in [3.05, 3.63) is 29.3 Å². The van der Waals surface area contributed by atoms with Crippen molar-refractivity contribution in [2.24, 2.45) is 11.7 Å². The number of unbranched alkanes of at least 4 members (excludes halogenated alkanes) is 2. The Hall–Kier alpha value is -1.06. The third kappa shape index (κ3) is 6.00. The van der Waals surface area contributed by atoms with Crippen molar-refractivity contribution >= 4 is 0 Å². The maximum Gasteiger partial charge on any atom is 0.115 e. The van der Waals surface area contributed by atoms with Gasteiger partial charge in [-0.3, -0.25) is 0 Å². The van der Waals surface area contributed by atoms with Crippen LogP contribution in [-0.2, 0) is 11.8 Å². The summed E-state index contributed by atoms with van der Waals surface area (Å²) in [6.07, 6.45) is 6.76. The van der Waals surface area contributed by atoms with E-state index in [0.29, 0.717) is 17.7 Å². The van der Waals surface area contributed by atoms with Gasteiger partial charge in [0.15, 0.2) is 0 Å². The molecule has 0 heterocycles. The summed E-state index contributed by atoms with van der Waals surface area (Å²) in [5.41, 5.74) is 8.34. The van der Waals surface area contributed by atoms with Gasteiger partial charge < -0.3 is 16.2 Å². The first-order valence-corrected chi connectivity index (χ1v) is 10.2. The van der Waals surface area contributed by atoms with Crippen LogP contribution in [0.2, 0.25) is 0 Å². The summed E-state index contributed by atoms with van der Waals surface area (Å²) in [5.74, 6) is 0.856. The van der Waals surface area contributed by atoms with Crippen LogP contribution >= 0.6 is 0 Å². The van der Waals surface area contributed by atoms with Gasteiger partial charge in [-0.15, -0.1) is 0 Å². The minimum atomic E-state index is 0.0559. The van der Waals surface area contributed by atoms with Crippen LogP contribution in [0.15, 0.2) is 18.2 Å². The highest BCUT2D eigenvalue weighted by atomic mass is 16.3. The van der Waals surface area contributed by atoms with E-state index in [0.717, 1.165) is 38.8 Å². The topological polar surface area (TPSA) is 58.3 Å². The van der Waals surface area contributed by atoms with Crippen molar-refractivity contribution in [1.29, 1.82) is 0 Å². The van der Waals surface area contributed by atoms with Crippen LogP contribution in [-0.4, -0.2) is 24.2 Å². The van der Waals surface area contributed by atoms with Gasteiger partial charge in [-0.25, -0.2) is 0 Å². The van der Waals surface area contributed by atoms with Crippen LogP contribution in [0.25, 0.3) is 0 Å². The average Bonchev–Trinajstić information content (AvgIpc) is 2.62. The van der Waals surface area contributed by atoms with Crippen molar-refractivity contribution in [1.82, 2.24) is 5.32 Å². The van der Waals surface area contributed by atoms with Crippen LogP contribution in [0.3, 0.4) is 0 Å². The van der Waals surface area contributed by atoms with Gasteiger partial charge in [0, 0.05) is 6.04 Å². The molecule has 0 aliphatic rings. The van der Waals surface area contributed by atoms with E-state index in [1.807, 2.05) is 12.1 Å². The number of hydrogen-bond acceptors (Lipinski definition) is 3. The Morgan fingerprint density at radius 2 is 1.88 bits per heavy atom. The Balaban J connectivity index is 3.06. The van der Waals surface area contributed by atoms with Gasteiger partial charge in [0.1, 0.15) is 5.75 Å². The largest absolute Gasteiger partial charge is 0.508 e. The predicted octanol–water partition coefficient (Wildman–Crippen LogP) is 4.76. The highest BCUT2D eigenvalue weighted by Gasteiger charge is 2.37. The van der Waals surface area contributed by atoms with Crippen LogP contribution < -0.4 is 11.1 Å². The molecule has 3 atom stereocenters. The molecule has 1 rings (SSSR count). The molecular formula is C22H40N2O. The summed E-state index contributed by atoms with van der Waals surface area (Å²) < 4.78 is 0. The third-order valence-electron chi connectivity index (χ3n) is 5.99. The molecule has 1 aromatic carbocycles. The van der Waals surface area contributed by atoms with Crippen molar-refractivity contribution in [3.63, 3.8) is 0 Å². The molecule has 4 N–H and O–H groups in total. The molecule has 0 fully saturated rings. The van der Waals surface area contributed by atoms with Gasteiger partial charge >= 0.3 is 0 Å². The minimum absolute atomic E-state index is 0.0559. The second kappa shape index (κ2) is 10.8. The highest BCUT2D eigenvalue weighted by molar-refractivity contribution is 5.40. The van der Waals surface area contributed by atoms with Crippen molar-refractivity contribution < 1.29 is 5.11 Å². The number of nitrogens with one attached hydrogen (secondary N) is 1. The second-order valence-corrected chi connectivity index (χ2v) is 7.74. The first-order chi connectivity index (χ1) is 11.9. The van der Waals surface area contributed by atoms with Crippen molar-refractivity contribution in [2.75, 3.05) is 13.1 Å². The molecule has 0 aliphatic heterocycles. The van der Waals surface area contributed by atoms with E-state index in [1.165, 1.54) is 24.0 Å². The van der Waals surface area contributed by atoms with Crippen LogP contribution in [0.1, 0.15) is 77.8 Å². The number of nitrogens with two attached hydrogens (primary N) is 1. The molecule has 0 spiro atoms. The Morgan fingerprint density at radius 3 is 2.48 bits per heavy atom. The molecule has 0 aliphatic carbocycles. The number of phenols is 1. The van der Waals surface area contributed by atoms with Crippen molar-refractivity contribution in [2.45, 2.75) is 84.6 Å². The van der Waals surface area contributed by atoms with E-state index >= 15 is 0 Å². The number of aryl methyl sites for hydroxylation is 1. The summed E-state index contributed by atoms with van der Waals surface area (Å²) in [7, 11) is 0. The quantitative estimate of drug-likeness (QED) is 0.478. The first-order valence-electron chi connectivity index (χ1n) is 10.2. The van der Waals surface area contributed by atoms with Gasteiger partial charge in [0.05, 0.1) is 0 Å². The summed E-state index contributed by atoms with van der Waals surface area (Å²) in [6.45, 7) is 13.3. The van der Waals surface area contributed by atoms with E-state index in [-0.39, 0.29) is 5.41 Å². The van der Waals surface area contributed by atoms with Gasteiger partial charge in [-0.1, -0.05) is 46.6 Å². The number of aromatic hydroxyl groups is 1. The fourth-order valence-corrected chi connectivity index (χ4v) is 3.88. The maximum absolute atomic E-state index is 10.1. The minimum Gasteiger partial charge on any atom is -0.508 e. The summed E-state index contributed by atoms with van der Waals surface area (Å²) in [5, 5.41) is 13.8. The van der Waals surface area contributed by atoms with E-state index in [9.17, 15) is 5.11 Å². The summed E-state index contributed by atoms with van der Waals surface area (Å²) >= 11 is 0. The molecule has 0 amide bonds. The highest BCUT2D eigenvalue weighted by Crippen LogP contribution is 2.41. The molecule has 3 heteroatoms. The monoisotopic (exact) mass is 348 g/mol. The van der Waals surface area contributed by atoms with Crippen molar-refractivity contribution in [3.8, 4) is 5.75 Å². The standard InChI is InChI=1S/C22H40N2O/c1-6-8-13-22(5,17(3)18(4)24-15-10-9-14-23)21-16-20(25)12-11-19(21)7-2/h11-12,16-18,24-25H,6-10,13-15,23H2,1-5H3. The molecule has 25 heavy (non-hydrogen) atoms. The number of hydrogen-bond donors (Lipinski definition) is 3. The normalized spacial score (nSPS) is 16.4. The summed E-state index contributed by atoms with van der Waals surface area (Å²) in [4.78, 5) is 0. The van der Waals surface area contributed by atoms with E-state index in [4.69, 9.17) is 5.73 Å². The van der Waals surface area contributed by atoms with Gasteiger partial charge in [0.25, 0.3) is 0 Å². The molecule has 3 nitrogen and oxygen atoms in total. The van der Waals surface area contributed by atoms with Gasteiger partial charge in [-0.2, -0.15) is 0 Å². The molecular weight excluding hydrogens is 308 g/mol. The molecule has 0 aromatic heterocycles. The van der Waals surface area contributed by atoms with Crippen LogP contribution in [0.5, 0.6) is 5.75 Å². The fourth-order valence-electron chi connectivity index (χ4n) is 3.88. The Morgan fingerprint density at radius 1 is 1.16 bits per heavy atom. The van der Waals surface area contributed by atoms with Gasteiger partial charge in [-0.05, 0) is 80.3 Å². The first kappa shape index (κ1) is 22.0. The fraction of sp³-hybridized carbons (Fsp3) is 0.727. The summed E-state index contributed by atoms with van der Waals surface area (Å²) in [6, 6.07) is 6.35. The zero-order valence-corrected chi connectivity index (χ0v) is 17.1. The Kier molecular flexibility index (Phi) is 9.52. The lowest BCUT2D eigenvalue weighted by Crippen LogP contribution is -2.44. The lowest BCUT2D eigenvalue weighted by Gasteiger charge is -2.41. The number of benzene rings is 1. The lowest BCUT2D eigenvalue weighted by atomic mass is 9.65. The predicted molar refractivity (Wildman–Crippen MR) is 109 cm³/mol. The second-order valence-electron chi connectivity index (χ2n) is 7.74. The van der Waals surface area contributed by atoms with E-state index in [2.05, 4.69) is 46.0 Å². The SMILES string of the molecule is CCCCC(C)(c1cc(O)ccc1CC)C(C)C(C)NCCCCN. The Bertz CT molecular complexity index is 503. The molecule has 0 radical (unpaired) electrons. The number of rotatable bonds is 12. The maximum atomic E-state index is 10.1. The van der Waals surface area contributed by atoms with E-state index < -0.39 is 0 Å². The average molecular weight is 349 g/mol. The molecule has 0 bridgehead atoms. The van der Waals surface area contributed by atoms with Crippen LogP contribution in [0, 0.1) is 5.92 Å². The lowest BCUT2D eigenvalue weighted by molar-refractivity contribution is 0.227.